The molecule has 0 radical (unpaired) electrons. The number of hydrogen-bond acceptors (Lipinski definition) is 4. The van der Waals surface area contributed by atoms with Crippen LogP contribution in [0.1, 0.15) is 16.2 Å². The van der Waals surface area contributed by atoms with E-state index in [1.165, 1.54) is 12.1 Å². The fourth-order valence-electron chi connectivity index (χ4n) is 2.87. The van der Waals surface area contributed by atoms with Gasteiger partial charge in [-0.2, -0.15) is 5.10 Å². The summed E-state index contributed by atoms with van der Waals surface area (Å²) in [7, 11) is 1.83. The standard InChI is InChI=1S/C21H17FN4O2/c1-13-18(12-23-26(13)2)19-11-20(28-25-19)21(27)24-17-8-6-14(7-9-17)15-4-3-5-16(22)10-15/h3-12H,1-2H3,(H,24,27). The van der Waals surface area contributed by atoms with E-state index in [1.807, 2.05) is 32.2 Å². The number of aryl methyl sites for hydroxylation is 1. The van der Waals surface area contributed by atoms with E-state index < -0.39 is 5.91 Å². The molecule has 0 unspecified atom stereocenters. The Balaban J connectivity index is 1.49. The second-order valence-corrected chi connectivity index (χ2v) is 6.39. The molecular formula is C21H17FN4O2. The second-order valence-electron chi connectivity index (χ2n) is 6.39. The first-order valence-corrected chi connectivity index (χ1v) is 8.64. The first-order valence-electron chi connectivity index (χ1n) is 8.64. The number of aromatic nitrogens is 3. The molecule has 0 aliphatic heterocycles. The van der Waals surface area contributed by atoms with E-state index in [9.17, 15) is 9.18 Å². The van der Waals surface area contributed by atoms with Gasteiger partial charge < -0.3 is 9.84 Å². The zero-order chi connectivity index (χ0) is 19.7. The Bertz CT molecular complexity index is 1150. The fraction of sp³-hybridized carbons (Fsp3) is 0.0952. The highest BCUT2D eigenvalue weighted by molar-refractivity contribution is 6.02. The minimum atomic E-state index is -0.404. The number of carbonyl (C=O) groups excluding carboxylic acids is 1. The van der Waals surface area contributed by atoms with Crippen LogP contribution in [0.2, 0.25) is 0 Å². The predicted molar refractivity (Wildman–Crippen MR) is 103 cm³/mol. The lowest BCUT2D eigenvalue weighted by molar-refractivity contribution is 0.0988. The molecule has 7 heteroatoms. The monoisotopic (exact) mass is 376 g/mol. The average Bonchev–Trinajstić information content (AvgIpc) is 3.30. The van der Waals surface area contributed by atoms with Gasteiger partial charge in [0.15, 0.2) is 0 Å². The van der Waals surface area contributed by atoms with E-state index >= 15 is 0 Å². The minimum absolute atomic E-state index is 0.104. The van der Waals surface area contributed by atoms with Crippen LogP contribution >= 0.6 is 0 Å². The molecule has 6 nitrogen and oxygen atoms in total. The van der Waals surface area contributed by atoms with Crippen LogP contribution in [0.25, 0.3) is 22.4 Å². The van der Waals surface area contributed by atoms with Crippen LogP contribution in [-0.4, -0.2) is 20.8 Å². The van der Waals surface area contributed by atoms with E-state index in [2.05, 4.69) is 15.6 Å². The predicted octanol–water partition coefficient (Wildman–Crippen LogP) is 4.44. The Hall–Kier alpha value is -3.74. The summed E-state index contributed by atoms with van der Waals surface area (Å²) in [5, 5.41) is 10.9. The van der Waals surface area contributed by atoms with Crippen molar-refractivity contribution in [3.05, 3.63) is 78.1 Å². The summed E-state index contributed by atoms with van der Waals surface area (Å²) in [5.41, 5.74) is 4.51. The van der Waals surface area contributed by atoms with Gasteiger partial charge in [0.1, 0.15) is 11.5 Å². The number of nitrogens with zero attached hydrogens (tertiary/aromatic N) is 3. The van der Waals surface area contributed by atoms with Crippen molar-refractivity contribution in [3.63, 3.8) is 0 Å². The largest absolute Gasteiger partial charge is 0.350 e. The van der Waals surface area contributed by atoms with Gasteiger partial charge in [-0.05, 0) is 42.3 Å². The number of anilines is 1. The maximum Gasteiger partial charge on any atom is 0.294 e. The highest BCUT2D eigenvalue weighted by Crippen LogP contribution is 2.24. The molecule has 2 aromatic carbocycles. The molecule has 0 atom stereocenters. The topological polar surface area (TPSA) is 73.0 Å². The molecule has 4 aromatic rings. The quantitative estimate of drug-likeness (QED) is 0.571. The van der Waals surface area contributed by atoms with Crippen molar-refractivity contribution < 1.29 is 13.7 Å². The number of benzene rings is 2. The van der Waals surface area contributed by atoms with Gasteiger partial charge in [0.2, 0.25) is 5.76 Å². The molecule has 0 saturated heterocycles. The number of rotatable bonds is 4. The van der Waals surface area contributed by atoms with E-state index in [-0.39, 0.29) is 11.6 Å². The number of carbonyl (C=O) groups is 1. The number of amides is 1. The highest BCUT2D eigenvalue weighted by Gasteiger charge is 2.17. The van der Waals surface area contributed by atoms with Crippen molar-refractivity contribution in [1.29, 1.82) is 0 Å². The van der Waals surface area contributed by atoms with Gasteiger partial charge in [-0.3, -0.25) is 9.48 Å². The number of halogens is 1. The minimum Gasteiger partial charge on any atom is -0.350 e. The van der Waals surface area contributed by atoms with Gasteiger partial charge in [0, 0.05) is 30.1 Å². The van der Waals surface area contributed by atoms with Crippen molar-refractivity contribution in [2.24, 2.45) is 7.05 Å². The average molecular weight is 376 g/mol. The highest BCUT2D eigenvalue weighted by atomic mass is 19.1. The first-order chi connectivity index (χ1) is 13.5. The van der Waals surface area contributed by atoms with Crippen molar-refractivity contribution in [1.82, 2.24) is 14.9 Å². The normalized spacial score (nSPS) is 10.8. The molecule has 1 amide bonds. The molecule has 140 valence electrons. The summed E-state index contributed by atoms with van der Waals surface area (Å²) in [6, 6.07) is 15.1. The Morgan fingerprint density at radius 2 is 1.89 bits per heavy atom. The molecule has 0 aliphatic carbocycles. The van der Waals surface area contributed by atoms with Gasteiger partial charge in [0.25, 0.3) is 5.91 Å². The fourth-order valence-corrected chi connectivity index (χ4v) is 2.87. The molecule has 1 N–H and O–H groups in total. The summed E-state index contributed by atoms with van der Waals surface area (Å²) in [4.78, 5) is 12.4. The van der Waals surface area contributed by atoms with Gasteiger partial charge in [-0.15, -0.1) is 0 Å². The van der Waals surface area contributed by atoms with E-state index in [0.717, 1.165) is 22.4 Å². The molecule has 0 bridgehead atoms. The smallest absolute Gasteiger partial charge is 0.294 e. The Kier molecular flexibility index (Phi) is 4.49. The third-order valence-electron chi connectivity index (χ3n) is 4.55. The lowest BCUT2D eigenvalue weighted by Gasteiger charge is -2.05. The van der Waals surface area contributed by atoms with Crippen LogP contribution < -0.4 is 5.32 Å². The van der Waals surface area contributed by atoms with Crippen LogP contribution in [-0.2, 0) is 7.05 Å². The van der Waals surface area contributed by atoms with Gasteiger partial charge >= 0.3 is 0 Å². The van der Waals surface area contributed by atoms with Crippen LogP contribution in [0.5, 0.6) is 0 Å². The van der Waals surface area contributed by atoms with Crippen LogP contribution in [0.3, 0.4) is 0 Å². The third kappa shape index (κ3) is 3.42. The van der Waals surface area contributed by atoms with Gasteiger partial charge in [0.05, 0.1) is 6.20 Å². The molecule has 2 heterocycles. The Morgan fingerprint density at radius 1 is 1.11 bits per heavy atom. The van der Waals surface area contributed by atoms with Crippen molar-refractivity contribution in [2.75, 3.05) is 5.32 Å². The number of nitrogens with one attached hydrogen (secondary N) is 1. The first kappa shape index (κ1) is 17.7. The van der Waals surface area contributed by atoms with Crippen LogP contribution in [0.15, 0.2) is 65.3 Å². The summed E-state index contributed by atoms with van der Waals surface area (Å²) in [6.45, 7) is 1.91. The second kappa shape index (κ2) is 7.11. The maximum atomic E-state index is 13.4. The summed E-state index contributed by atoms with van der Waals surface area (Å²) < 4.78 is 20.3. The Labute approximate surface area is 160 Å². The summed E-state index contributed by atoms with van der Waals surface area (Å²) >= 11 is 0. The lowest BCUT2D eigenvalue weighted by atomic mass is 10.1. The van der Waals surface area contributed by atoms with E-state index in [1.54, 1.807) is 35.1 Å². The zero-order valence-electron chi connectivity index (χ0n) is 15.3. The Morgan fingerprint density at radius 3 is 2.57 bits per heavy atom. The van der Waals surface area contributed by atoms with Crippen molar-refractivity contribution in [2.45, 2.75) is 6.92 Å². The molecule has 28 heavy (non-hydrogen) atoms. The molecule has 0 spiro atoms. The SMILES string of the molecule is Cc1c(-c2cc(C(=O)Nc3ccc(-c4cccc(F)c4)cc3)on2)cnn1C. The van der Waals surface area contributed by atoms with E-state index in [0.29, 0.717) is 11.4 Å². The van der Waals surface area contributed by atoms with Crippen LogP contribution in [0.4, 0.5) is 10.1 Å². The van der Waals surface area contributed by atoms with Gasteiger partial charge in [-0.1, -0.05) is 29.4 Å². The third-order valence-corrected chi connectivity index (χ3v) is 4.55. The molecule has 2 aromatic heterocycles. The summed E-state index contributed by atoms with van der Waals surface area (Å²) in [5.74, 6) is -0.592. The molecule has 0 fully saturated rings. The lowest BCUT2D eigenvalue weighted by Crippen LogP contribution is -2.10. The molecule has 4 rings (SSSR count). The molecule has 0 saturated carbocycles. The van der Waals surface area contributed by atoms with E-state index in [4.69, 9.17) is 4.52 Å². The van der Waals surface area contributed by atoms with Crippen molar-refractivity contribution >= 4 is 11.6 Å². The molecule has 0 aliphatic rings. The van der Waals surface area contributed by atoms with Crippen molar-refractivity contribution in [3.8, 4) is 22.4 Å². The zero-order valence-corrected chi connectivity index (χ0v) is 15.3. The number of hydrogen-bond donors (Lipinski definition) is 1. The maximum absolute atomic E-state index is 13.4. The van der Waals surface area contributed by atoms with Gasteiger partial charge in [-0.25, -0.2) is 4.39 Å². The van der Waals surface area contributed by atoms with Crippen LogP contribution in [0, 0.1) is 12.7 Å². The molecular weight excluding hydrogens is 359 g/mol. The summed E-state index contributed by atoms with van der Waals surface area (Å²) in [6.07, 6.45) is 1.68.